The molecule has 23 heavy (non-hydrogen) atoms. The Hall–Kier alpha value is -2.34. The summed E-state index contributed by atoms with van der Waals surface area (Å²) in [7, 11) is 0. The summed E-state index contributed by atoms with van der Waals surface area (Å²) in [5.41, 5.74) is 2.74. The number of aliphatic carboxylic acids is 1. The monoisotopic (exact) mass is 330 g/mol. The van der Waals surface area contributed by atoms with Gasteiger partial charge in [-0.05, 0) is 43.2 Å². The van der Waals surface area contributed by atoms with Gasteiger partial charge in [0.05, 0.1) is 24.4 Å². The van der Waals surface area contributed by atoms with E-state index in [2.05, 4.69) is 11.9 Å². The van der Waals surface area contributed by atoms with Crippen molar-refractivity contribution in [1.29, 1.82) is 0 Å². The highest BCUT2D eigenvalue weighted by atomic mass is 32.1. The van der Waals surface area contributed by atoms with Gasteiger partial charge >= 0.3 is 5.97 Å². The number of aromatic nitrogens is 2. The average Bonchev–Trinajstić information content (AvgIpc) is 3.04. The highest BCUT2D eigenvalue weighted by Crippen LogP contribution is 2.33. The van der Waals surface area contributed by atoms with Gasteiger partial charge in [0.2, 0.25) is 0 Å². The summed E-state index contributed by atoms with van der Waals surface area (Å²) in [5.74, 6) is -0.0212. The Bertz CT molecular complexity index is 834. The zero-order valence-electron chi connectivity index (χ0n) is 13.1. The minimum Gasteiger partial charge on any atom is -0.494 e. The fraction of sp³-hybridized carbons (Fsp3) is 0.294. The SMILES string of the molecule is CCOc1ccc(-c2c(CC)sc3nc(CC(=O)O)cn23)cc1. The van der Waals surface area contributed by atoms with Crippen LogP contribution in [-0.2, 0) is 17.6 Å². The number of carboxylic acids is 1. The molecule has 6 heteroatoms. The van der Waals surface area contributed by atoms with E-state index >= 15 is 0 Å². The number of carbonyl (C=O) groups is 1. The molecule has 0 aliphatic carbocycles. The van der Waals surface area contributed by atoms with Crippen LogP contribution in [0, 0.1) is 0 Å². The summed E-state index contributed by atoms with van der Waals surface area (Å²) >= 11 is 1.61. The number of ether oxygens (including phenoxy) is 1. The normalized spacial score (nSPS) is 11.0. The van der Waals surface area contributed by atoms with Crippen LogP contribution in [0.3, 0.4) is 0 Å². The molecule has 0 atom stereocenters. The van der Waals surface area contributed by atoms with Gasteiger partial charge < -0.3 is 9.84 Å². The van der Waals surface area contributed by atoms with Crippen molar-refractivity contribution < 1.29 is 14.6 Å². The molecular weight excluding hydrogens is 312 g/mol. The Balaban J connectivity index is 2.06. The number of hydrogen-bond acceptors (Lipinski definition) is 4. The number of rotatable bonds is 6. The third-order valence-electron chi connectivity index (χ3n) is 3.54. The molecular formula is C17H18N2O3S. The lowest BCUT2D eigenvalue weighted by atomic mass is 10.1. The average molecular weight is 330 g/mol. The fourth-order valence-electron chi connectivity index (χ4n) is 2.59. The first-order valence-electron chi connectivity index (χ1n) is 7.57. The van der Waals surface area contributed by atoms with Gasteiger partial charge in [-0.15, -0.1) is 11.3 Å². The van der Waals surface area contributed by atoms with Gasteiger partial charge in [0, 0.05) is 11.1 Å². The summed E-state index contributed by atoms with van der Waals surface area (Å²) in [6, 6.07) is 7.97. The molecule has 120 valence electrons. The van der Waals surface area contributed by atoms with Crippen LogP contribution < -0.4 is 4.74 Å². The minimum atomic E-state index is -0.867. The number of carboxylic acid groups (broad SMARTS) is 1. The zero-order valence-corrected chi connectivity index (χ0v) is 13.9. The van der Waals surface area contributed by atoms with E-state index in [1.807, 2.05) is 41.8 Å². The van der Waals surface area contributed by atoms with E-state index in [1.54, 1.807) is 11.3 Å². The predicted molar refractivity (Wildman–Crippen MR) is 90.4 cm³/mol. The number of imidazole rings is 1. The predicted octanol–water partition coefficient (Wildman–Crippen LogP) is 3.65. The van der Waals surface area contributed by atoms with Gasteiger partial charge in [-0.25, -0.2) is 4.98 Å². The first kappa shape index (κ1) is 15.6. The molecule has 0 bridgehead atoms. The highest BCUT2D eigenvalue weighted by molar-refractivity contribution is 7.17. The largest absolute Gasteiger partial charge is 0.494 e. The minimum absolute atomic E-state index is 0.0570. The number of fused-ring (bicyclic) bond motifs is 1. The van der Waals surface area contributed by atoms with Crippen LogP contribution in [0.1, 0.15) is 24.4 Å². The van der Waals surface area contributed by atoms with E-state index in [0.29, 0.717) is 12.3 Å². The summed E-state index contributed by atoms with van der Waals surface area (Å²) in [6.07, 6.45) is 2.67. The molecule has 2 aromatic heterocycles. The first-order chi connectivity index (χ1) is 11.1. The lowest BCUT2D eigenvalue weighted by molar-refractivity contribution is -0.136. The molecule has 0 amide bonds. The Morgan fingerprint density at radius 3 is 2.65 bits per heavy atom. The topological polar surface area (TPSA) is 63.8 Å². The van der Waals surface area contributed by atoms with Gasteiger partial charge in [0.15, 0.2) is 4.96 Å². The summed E-state index contributed by atoms with van der Waals surface area (Å²) in [6.45, 7) is 4.71. The molecule has 0 saturated heterocycles. The maximum atomic E-state index is 10.9. The first-order valence-corrected chi connectivity index (χ1v) is 8.38. The van der Waals surface area contributed by atoms with Crippen molar-refractivity contribution in [1.82, 2.24) is 9.38 Å². The smallest absolute Gasteiger partial charge is 0.309 e. The van der Waals surface area contributed by atoms with E-state index < -0.39 is 5.97 Å². The maximum Gasteiger partial charge on any atom is 0.309 e. The lowest BCUT2D eigenvalue weighted by Crippen LogP contribution is -2.00. The third kappa shape index (κ3) is 3.07. The molecule has 0 unspecified atom stereocenters. The van der Waals surface area contributed by atoms with Crippen molar-refractivity contribution in [3.8, 4) is 17.0 Å². The summed E-state index contributed by atoms with van der Waals surface area (Å²) in [5, 5.41) is 8.94. The number of aryl methyl sites for hydroxylation is 1. The molecule has 0 spiro atoms. The molecule has 0 aliphatic heterocycles. The molecule has 3 rings (SSSR count). The van der Waals surface area contributed by atoms with Crippen molar-refractivity contribution >= 4 is 22.3 Å². The molecule has 0 fully saturated rings. The number of nitrogens with zero attached hydrogens (tertiary/aromatic N) is 2. The lowest BCUT2D eigenvalue weighted by Gasteiger charge is -2.06. The highest BCUT2D eigenvalue weighted by Gasteiger charge is 2.16. The van der Waals surface area contributed by atoms with Crippen molar-refractivity contribution in [2.45, 2.75) is 26.7 Å². The molecule has 2 heterocycles. The van der Waals surface area contributed by atoms with Crippen LogP contribution >= 0.6 is 11.3 Å². The fourth-order valence-corrected chi connectivity index (χ4v) is 3.67. The van der Waals surface area contributed by atoms with Crippen LogP contribution in [0.25, 0.3) is 16.2 Å². The summed E-state index contributed by atoms with van der Waals surface area (Å²) < 4.78 is 7.49. The van der Waals surface area contributed by atoms with E-state index in [1.165, 1.54) is 4.88 Å². The van der Waals surface area contributed by atoms with E-state index in [9.17, 15) is 4.79 Å². The van der Waals surface area contributed by atoms with Gasteiger partial charge in [0.25, 0.3) is 0 Å². The Morgan fingerprint density at radius 1 is 1.30 bits per heavy atom. The van der Waals surface area contributed by atoms with Crippen LogP contribution in [0.15, 0.2) is 30.5 Å². The second-order valence-electron chi connectivity index (χ2n) is 5.14. The molecule has 0 aliphatic rings. The molecule has 1 aromatic carbocycles. The van der Waals surface area contributed by atoms with Crippen molar-refractivity contribution in [3.05, 3.63) is 41.0 Å². The van der Waals surface area contributed by atoms with E-state index in [-0.39, 0.29) is 6.42 Å². The molecule has 5 nitrogen and oxygen atoms in total. The van der Waals surface area contributed by atoms with Gasteiger partial charge in [-0.2, -0.15) is 0 Å². The van der Waals surface area contributed by atoms with Crippen molar-refractivity contribution in [3.63, 3.8) is 0 Å². The number of benzene rings is 1. The Kier molecular flexibility index (Phi) is 4.34. The Morgan fingerprint density at radius 2 is 2.04 bits per heavy atom. The maximum absolute atomic E-state index is 10.9. The van der Waals surface area contributed by atoms with Crippen LogP contribution in [0.5, 0.6) is 5.75 Å². The van der Waals surface area contributed by atoms with Crippen molar-refractivity contribution in [2.24, 2.45) is 0 Å². The molecule has 3 aromatic rings. The molecule has 0 radical (unpaired) electrons. The second kappa shape index (κ2) is 6.42. The van der Waals surface area contributed by atoms with Crippen LogP contribution in [0.2, 0.25) is 0 Å². The third-order valence-corrected chi connectivity index (χ3v) is 4.73. The molecule has 1 N–H and O–H groups in total. The Labute approximate surface area is 138 Å². The number of hydrogen-bond donors (Lipinski definition) is 1. The van der Waals surface area contributed by atoms with Gasteiger partial charge in [-0.1, -0.05) is 6.92 Å². The van der Waals surface area contributed by atoms with E-state index in [4.69, 9.17) is 9.84 Å². The second-order valence-corrected chi connectivity index (χ2v) is 6.20. The summed E-state index contributed by atoms with van der Waals surface area (Å²) in [4.78, 5) is 17.4. The quantitative estimate of drug-likeness (QED) is 0.749. The number of thiazole rings is 1. The van der Waals surface area contributed by atoms with Crippen molar-refractivity contribution in [2.75, 3.05) is 6.61 Å². The standard InChI is InChI=1S/C17H18N2O3S/c1-3-14-16(11-5-7-13(8-6-11)22-4-2)19-10-12(9-15(20)21)18-17(19)23-14/h5-8,10H,3-4,9H2,1-2H3,(H,20,21). The van der Waals surface area contributed by atoms with E-state index in [0.717, 1.165) is 28.4 Å². The van der Waals surface area contributed by atoms with Gasteiger partial charge in [-0.3, -0.25) is 9.20 Å². The molecule has 0 saturated carbocycles. The zero-order chi connectivity index (χ0) is 16.4. The van der Waals surface area contributed by atoms with Crippen LogP contribution in [-0.4, -0.2) is 27.1 Å². The van der Waals surface area contributed by atoms with Gasteiger partial charge in [0.1, 0.15) is 5.75 Å². The van der Waals surface area contributed by atoms with Crippen LogP contribution in [0.4, 0.5) is 0 Å².